The average Bonchev–Trinajstić information content (AvgIpc) is 2.92. The van der Waals surface area contributed by atoms with Gasteiger partial charge in [-0.1, -0.05) is 168 Å². The van der Waals surface area contributed by atoms with Crippen molar-refractivity contribution in [3.05, 3.63) is 0 Å². The number of hydrogen-bond acceptors (Lipinski definition) is 4. The summed E-state index contributed by atoms with van der Waals surface area (Å²) >= 11 is 0. The van der Waals surface area contributed by atoms with E-state index in [1.165, 1.54) is 148 Å². The summed E-state index contributed by atoms with van der Waals surface area (Å²) in [6.45, 7) is 5.37. The third-order valence-corrected chi connectivity index (χ3v) is 7.68. The molecule has 0 aliphatic carbocycles. The fraction of sp³-hybridized carbons (Fsp3) is 0.971. The predicted molar refractivity (Wildman–Crippen MR) is 164 cm³/mol. The third-order valence-electron chi connectivity index (χ3n) is 7.68. The number of rotatable bonds is 32. The number of unbranched alkanes of at least 4 members (excludes halogenated alkanes) is 24. The van der Waals surface area contributed by atoms with Crippen molar-refractivity contribution in [2.45, 2.75) is 193 Å². The van der Waals surface area contributed by atoms with Crippen LogP contribution in [-0.4, -0.2) is 37.0 Å². The Kier molecular flexibility index (Phi) is 32.1. The van der Waals surface area contributed by atoms with Crippen LogP contribution in [0.3, 0.4) is 0 Å². The van der Waals surface area contributed by atoms with Gasteiger partial charge in [-0.3, -0.25) is 4.79 Å². The molecule has 0 spiro atoms. The lowest BCUT2D eigenvalue weighted by Crippen LogP contribution is -2.27. The van der Waals surface area contributed by atoms with Crippen LogP contribution in [0.1, 0.15) is 187 Å². The molecule has 1 atom stereocenters. The van der Waals surface area contributed by atoms with Gasteiger partial charge in [-0.05, 0) is 12.8 Å². The first-order chi connectivity index (χ1) is 18.7. The highest BCUT2D eigenvalue weighted by molar-refractivity contribution is 5.69. The molecule has 38 heavy (non-hydrogen) atoms. The minimum absolute atomic E-state index is 0.164. The molecule has 4 heteroatoms. The standard InChI is InChI=1S/C34H68O4/c1-3-5-7-9-11-13-15-16-17-18-20-22-24-26-28-30-37-32-33(31-35)38-34(36)29-27-25-23-21-19-14-12-10-8-6-4-2/h33,35H,3-32H2,1-2H3. The van der Waals surface area contributed by atoms with Crippen molar-refractivity contribution in [3.8, 4) is 0 Å². The van der Waals surface area contributed by atoms with E-state index in [2.05, 4.69) is 13.8 Å². The van der Waals surface area contributed by atoms with Crippen LogP contribution in [0, 0.1) is 0 Å². The van der Waals surface area contributed by atoms with Crippen LogP contribution < -0.4 is 0 Å². The summed E-state index contributed by atoms with van der Waals surface area (Å²) in [5.74, 6) is -0.199. The van der Waals surface area contributed by atoms with Crippen LogP contribution in [0.2, 0.25) is 0 Å². The predicted octanol–water partition coefficient (Wildman–Crippen LogP) is 10.5. The Morgan fingerprint density at radius 1 is 0.526 bits per heavy atom. The van der Waals surface area contributed by atoms with Gasteiger partial charge in [0.05, 0.1) is 13.2 Å². The fourth-order valence-corrected chi connectivity index (χ4v) is 5.09. The number of aliphatic hydroxyl groups is 1. The Balaban J connectivity index is 3.38. The Bertz CT molecular complexity index is 454. The van der Waals surface area contributed by atoms with Gasteiger partial charge in [-0.15, -0.1) is 0 Å². The molecule has 0 bridgehead atoms. The van der Waals surface area contributed by atoms with E-state index in [0.29, 0.717) is 19.6 Å². The van der Waals surface area contributed by atoms with Crippen molar-refractivity contribution in [2.75, 3.05) is 19.8 Å². The molecule has 0 amide bonds. The van der Waals surface area contributed by atoms with Crippen molar-refractivity contribution < 1.29 is 19.4 Å². The molecule has 4 nitrogen and oxygen atoms in total. The topological polar surface area (TPSA) is 55.8 Å². The summed E-state index contributed by atoms with van der Waals surface area (Å²) in [7, 11) is 0. The van der Waals surface area contributed by atoms with E-state index in [1.54, 1.807) is 0 Å². The van der Waals surface area contributed by atoms with E-state index >= 15 is 0 Å². The quantitative estimate of drug-likeness (QED) is 0.0681. The lowest BCUT2D eigenvalue weighted by Gasteiger charge is -2.16. The van der Waals surface area contributed by atoms with Crippen molar-refractivity contribution in [1.29, 1.82) is 0 Å². The molecule has 0 aromatic heterocycles. The number of aliphatic hydroxyl groups excluding tert-OH is 1. The highest BCUT2D eigenvalue weighted by atomic mass is 16.6. The van der Waals surface area contributed by atoms with E-state index in [4.69, 9.17) is 9.47 Å². The zero-order valence-electron chi connectivity index (χ0n) is 26.0. The molecular weight excluding hydrogens is 472 g/mol. The largest absolute Gasteiger partial charge is 0.457 e. The van der Waals surface area contributed by atoms with Gasteiger partial charge in [0, 0.05) is 13.0 Å². The van der Waals surface area contributed by atoms with Gasteiger partial charge in [0.25, 0.3) is 0 Å². The SMILES string of the molecule is CCCCCCCCCCCCCCCCCOCC(CO)OC(=O)CCCCCCCCCCCCC. The van der Waals surface area contributed by atoms with Crippen molar-refractivity contribution in [3.63, 3.8) is 0 Å². The molecule has 0 rings (SSSR count). The number of hydrogen-bond donors (Lipinski definition) is 1. The molecule has 0 saturated heterocycles. The maximum atomic E-state index is 12.1. The minimum Gasteiger partial charge on any atom is -0.457 e. The van der Waals surface area contributed by atoms with Crippen LogP contribution >= 0.6 is 0 Å². The van der Waals surface area contributed by atoms with Gasteiger partial charge in [0.2, 0.25) is 0 Å². The van der Waals surface area contributed by atoms with E-state index < -0.39 is 6.10 Å². The molecule has 228 valence electrons. The fourth-order valence-electron chi connectivity index (χ4n) is 5.09. The van der Waals surface area contributed by atoms with Crippen LogP contribution in [0.5, 0.6) is 0 Å². The van der Waals surface area contributed by atoms with E-state index in [9.17, 15) is 9.90 Å². The van der Waals surface area contributed by atoms with E-state index in [-0.39, 0.29) is 12.6 Å². The summed E-state index contributed by atoms with van der Waals surface area (Å²) in [6, 6.07) is 0. The molecule has 0 aliphatic heterocycles. The monoisotopic (exact) mass is 541 g/mol. The third kappa shape index (κ3) is 29.9. The molecule has 1 N–H and O–H groups in total. The Hall–Kier alpha value is -0.610. The van der Waals surface area contributed by atoms with Crippen molar-refractivity contribution >= 4 is 5.97 Å². The molecule has 1 unspecified atom stereocenters. The second kappa shape index (κ2) is 32.6. The van der Waals surface area contributed by atoms with Crippen molar-refractivity contribution in [2.24, 2.45) is 0 Å². The number of carbonyl (C=O) groups excluding carboxylic acids is 1. The molecule has 0 saturated carbocycles. The molecular formula is C34H68O4. The summed E-state index contributed by atoms with van der Waals surface area (Å²) in [6.07, 6.45) is 34.2. The van der Waals surface area contributed by atoms with Gasteiger partial charge >= 0.3 is 5.97 Å². The Labute approximate surface area is 238 Å². The molecule has 0 aromatic rings. The summed E-state index contributed by atoms with van der Waals surface area (Å²) in [4.78, 5) is 12.1. The maximum Gasteiger partial charge on any atom is 0.306 e. The van der Waals surface area contributed by atoms with Crippen LogP contribution in [0.25, 0.3) is 0 Å². The van der Waals surface area contributed by atoms with Gasteiger partial charge < -0.3 is 14.6 Å². The highest BCUT2D eigenvalue weighted by Crippen LogP contribution is 2.14. The first-order valence-corrected chi connectivity index (χ1v) is 17.1. The summed E-state index contributed by atoms with van der Waals surface area (Å²) in [5.41, 5.74) is 0. The molecule has 0 fully saturated rings. The molecule has 0 aliphatic rings. The second-order valence-corrected chi connectivity index (χ2v) is 11.6. The van der Waals surface area contributed by atoms with Crippen LogP contribution in [0.4, 0.5) is 0 Å². The first kappa shape index (κ1) is 37.4. The normalized spacial score (nSPS) is 12.2. The average molecular weight is 541 g/mol. The summed E-state index contributed by atoms with van der Waals surface area (Å²) < 4.78 is 11.1. The lowest BCUT2D eigenvalue weighted by atomic mass is 10.0. The van der Waals surface area contributed by atoms with Gasteiger partial charge in [0.1, 0.15) is 6.10 Å². The molecule has 0 heterocycles. The Morgan fingerprint density at radius 2 is 0.868 bits per heavy atom. The number of carbonyl (C=O) groups is 1. The van der Waals surface area contributed by atoms with Gasteiger partial charge in [-0.25, -0.2) is 0 Å². The smallest absolute Gasteiger partial charge is 0.306 e. The van der Waals surface area contributed by atoms with Crippen LogP contribution in [-0.2, 0) is 14.3 Å². The zero-order chi connectivity index (χ0) is 27.8. The van der Waals surface area contributed by atoms with Crippen molar-refractivity contribution in [1.82, 2.24) is 0 Å². The number of esters is 1. The van der Waals surface area contributed by atoms with Gasteiger partial charge in [-0.2, -0.15) is 0 Å². The zero-order valence-corrected chi connectivity index (χ0v) is 26.0. The molecule has 0 aromatic carbocycles. The number of ether oxygens (including phenoxy) is 2. The Morgan fingerprint density at radius 3 is 1.24 bits per heavy atom. The highest BCUT2D eigenvalue weighted by Gasteiger charge is 2.13. The first-order valence-electron chi connectivity index (χ1n) is 17.1. The van der Waals surface area contributed by atoms with Gasteiger partial charge in [0.15, 0.2) is 0 Å². The van der Waals surface area contributed by atoms with E-state index in [0.717, 1.165) is 19.3 Å². The lowest BCUT2D eigenvalue weighted by molar-refractivity contribution is -0.154. The second-order valence-electron chi connectivity index (χ2n) is 11.6. The van der Waals surface area contributed by atoms with Crippen LogP contribution in [0.15, 0.2) is 0 Å². The summed E-state index contributed by atoms with van der Waals surface area (Å²) in [5, 5.41) is 9.51. The maximum absolute atomic E-state index is 12.1. The minimum atomic E-state index is -0.522. The van der Waals surface area contributed by atoms with E-state index in [1.807, 2.05) is 0 Å². The molecule has 0 radical (unpaired) electrons.